The fourth-order valence-corrected chi connectivity index (χ4v) is 2.36. The van der Waals surface area contributed by atoms with Crippen LogP contribution >= 0.6 is 0 Å². The molecule has 1 fully saturated rings. The van der Waals surface area contributed by atoms with Crippen molar-refractivity contribution in [1.29, 1.82) is 0 Å². The Kier molecular flexibility index (Phi) is 5.49. The molecule has 0 spiro atoms. The molecule has 1 aliphatic heterocycles. The molecule has 2 heteroatoms. The van der Waals surface area contributed by atoms with Gasteiger partial charge in [0.05, 0.1) is 6.10 Å². The normalized spacial score (nSPS) is 31.9. The molecule has 14 heavy (non-hydrogen) atoms. The van der Waals surface area contributed by atoms with E-state index >= 15 is 0 Å². The molecule has 0 aromatic heterocycles. The Labute approximate surface area is 88.6 Å². The number of hydrogen-bond acceptors (Lipinski definition) is 2. The van der Waals surface area contributed by atoms with Crippen molar-refractivity contribution in [3.8, 4) is 0 Å². The SMILES string of the molecule is CCC1CC(OC)CCCCN(C)C1. The lowest BCUT2D eigenvalue weighted by Gasteiger charge is -2.23. The van der Waals surface area contributed by atoms with Gasteiger partial charge in [0.25, 0.3) is 0 Å². The molecule has 0 N–H and O–H groups in total. The van der Waals surface area contributed by atoms with Gasteiger partial charge in [0.15, 0.2) is 0 Å². The zero-order valence-corrected chi connectivity index (χ0v) is 9.96. The van der Waals surface area contributed by atoms with Crippen LogP contribution in [0.2, 0.25) is 0 Å². The Bertz CT molecular complexity index is 149. The van der Waals surface area contributed by atoms with Gasteiger partial charge in [0.1, 0.15) is 0 Å². The van der Waals surface area contributed by atoms with Gasteiger partial charge in [0.2, 0.25) is 0 Å². The third kappa shape index (κ3) is 3.97. The first-order valence-electron chi connectivity index (χ1n) is 5.97. The Morgan fingerprint density at radius 2 is 2.14 bits per heavy atom. The van der Waals surface area contributed by atoms with Gasteiger partial charge in [-0.05, 0) is 45.2 Å². The van der Waals surface area contributed by atoms with Crippen LogP contribution in [0.3, 0.4) is 0 Å². The summed E-state index contributed by atoms with van der Waals surface area (Å²) in [6, 6.07) is 0. The monoisotopic (exact) mass is 199 g/mol. The van der Waals surface area contributed by atoms with Gasteiger partial charge in [-0.1, -0.05) is 13.3 Å². The topological polar surface area (TPSA) is 12.5 Å². The molecule has 1 heterocycles. The van der Waals surface area contributed by atoms with Crippen LogP contribution in [0.4, 0.5) is 0 Å². The first kappa shape index (κ1) is 12.0. The van der Waals surface area contributed by atoms with E-state index in [4.69, 9.17) is 4.74 Å². The number of hydrogen-bond donors (Lipinski definition) is 0. The molecule has 0 amide bonds. The standard InChI is InChI=1S/C12H25NO/c1-4-11-9-12(14-3)7-5-6-8-13(2)10-11/h11-12H,4-10H2,1-3H3. The highest BCUT2D eigenvalue weighted by atomic mass is 16.5. The minimum Gasteiger partial charge on any atom is -0.381 e. The fourth-order valence-electron chi connectivity index (χ4n) is 2.36. The van der Waals surface area contributed by atoms with Gasteiger partial charge in [-0.25, -0.2) is 0 Å². The van der Waals surface area contributed by atoms with Crippen LogP contribution in [-0.4, -0.2) is 38.3 Å². The van der Waals surface area contributed by atoms with Gasteiger partial charge in [0, 0.05) is 13.7 Å². The van der Waals surface area contributed by atoms with Crippen molar-refractivity contribution in [3.05, 3.63) is 0 Å². The third-order valence-electron chi connectivity index (χ3n) is 3.39. The lowest BCUT2D eigenvalue weighted by Crippen LogP contribution is -2.27. The lowest BCUT2D eigenvalue weighted by molar-refractivity contribution is 0.0702. The molecule has 1 saturated heterocycles. The van der Waals surface area contributed by atoms with Crippen LogP contribution in [0.15, 0.2) is 0 Å². The fraction of sp³-hybridized carbons (Fsp3) is 1.00. The van der Waals surface area contributed by atoms with Crippen LogP contribution in [0.1, 0.15) is 39.0 Å². The molecule has 0 bridgehead atoms. The predicted molar refractivity (Wildman–Crippen MR) is 60.5 cm³/mol. The van der Waals surface area contributed by atoms with Crippen molar-refractivity contribution in [2.75, 3.05) is 27.2 Å². The molecule has 2 nitrogen and oxygen atoms in total. The maximum absolute atomic E-state index is 5.53. The van der Waals surface area contributed by atoms with E-state index < -0.39 is 0 Å². The van der Waals surface area contributed by atoms with E-state index in [1.165, 1.54) is 45.2 Å². The average Bonchev–Trinajstić information content (AvgIpc) is 2.28. The van der Waals surface area contributed by atoms with E-state index in [2.05, 4.69) is 18.9 Å². The summed E-state index contributed by atoms with van der Waals surface area (Å²) >= 11 is 0. The van der Waals surface area contributed by atoms with Gasteiger partial charge in [-0.3, -0.25) is 0 Å². The zero-order valence-electron chi connectivity index (χ0n) is 9.96. The van der Waals surface area contributed by atoms with Crippen LogP contribution in [0, 0.1) is 5.92 Å². The maximum Gasteiger partial charge on any atom is 0.0574 e. The Hall–Kier alpha value is -0.0800. The second-order valence-electron chi connectivity index (χ2n) is 4.63. The number of nitrogens with zero attached hydrogens (tertiary/aromatic N) is 1. The molecule has 0 radical (unpaired) electrons. The van der Waals surface area contributed by atoms with Crippen LogP contribution in [0.25, 0.3) is 0 Å². The highest BCUT2D eigenvalue weighted by molar-refractivity contribution is 4.71. The second kappa shape index (κ2) is 6.41. The van der Waals surface area contributed by atoms with E-state index in [0.717, 1.165) is 5.92 Å². The molecule has 0 aliphatic carbocycles. The summed E-state index contributed by atoms with van der Waals surface area (Å²) in [7, 11) is 4.11. The van der Waals surface area contributed by atoms with Crippen LogP contribution in [-0.2, 0) is 4.74 Å². The van der Waals surface area contributed by atoms with Crippen LogP contribution in [0.5, 0.6) is 0 Å². The van der Waals surface area contributed by atoms with Gasteiger partial charge in [-0.2, -0.15) is 0 Å². The smallest absolute Gasteiger partial charge is 0.0574 e. The average molecular weight is 199 g/mol. The van der Waals surface area contributed by atoms with E-state index in [-0.39, 0.29) is 0 Å². The quantitative estimate of drug-likeness (QED) is 0.677. The molecule has 0 saturated carbocycles. The maximum atomic E-state index is 5.53. The Morgan fingerprint density at radius 1 is 1.36 bits per heavy atom. The molecule has 0 aromatic carbocycles. The first-order valence-corrected chi connectivity index (χ1v) is 5.97. The second-order valence-corrected chi connectivity index (χ2v) is 4.63. The molecule has 84 valence electrons. The highest BCUT2D eigenvalue weighted by Crippen LogP contribution is 2.20. The summed E-state index contributed by atoms with van der Waals surface area (Å²) in [5.41, 5.74) is 0. The van der Waals surface area contributed by atoms with E-state index in [9.17, 15) is 0 Å². The van der Waals surface area contributed by atoms with Crippen molar-refractivity contribution in [2.24, 2.45) is 5.92 Å². The van der Waals surface area contributed by atoms with Crippen LogP contribution < -0.4 is 0 Å². The van der Waals surface area contributed by atoms with Gasteiger partial charge < -0.3 is 9.64 Å². The third-order valence-corrected chi connectivity index (χ3v) is 3.39. The highest BCUT2D eigenvalue weighted by Gasteiger charge is 2.18. The Balaban J connectivity index is 2.47. The summed E-state index contributed by atoms with van der Waals surface area (Å²) in [6.45, 7) is 4.80. The number of rotatable bonds is 2. The summed E-state index contributed by atoms with van der Waals surface area (Å²) in [5.74, 6) is 0.822. The molecule has 2 unspecified atom stereocenters. The molecule has 0 aromatic rings. The van der Waals surface area contributed by atoms with Gasteiger partial charge >= 0.3 is 0 Å². The molecular formula is C12H25NO. The summed E-state index contributed by atoms with van der Waals surface area (Å²) in [5, 5.41) is 0. The Morgan fingerprint density at radius 3 is 2.79 bits per heavy atom. The molecule has 1 rings (SSSR count). The summed E-state index contributed by atoms with van der Waals surface area (Å²) < 4.78 is 5.53. The lowest BCUT2D eigenvalue weighted by atomic mass is 9.96. The van der Waals surface area contributed by atoms with E-state index in [1.54, 1.807) is 0 Å². The van der Waals surface area contributed by atoms with Gasteiger partial charge in [-0.15, -0.1) is 0 Å². The van der Waals surface area contributed by atoms with Crippen molar-refractivity contribution < 1.29 is 4.74 Å². The minimum absolute atomic E-state index is 0.506. The minimum atomic E-state index is 0.506. The number of methoxy groups -OCH3 is 1. The molecular weight excluding hydrogens is 174 g/mol. The van der Waals surface area contributed by atoms with E-state index in [1.807, 2.05) is 7.11 Å². The summed E-state index contributed by atoms with van der Waals surface area (Å²) in [4.78, 5) is 2.48. The molecule has 1 aliphatic rings. The number of ether oxygens (including phenoxy) is 1. The molecule has 2 atom stereocenters. The largest absolute Gasteiger partial charge is 0.381 e. The predicted octanol–water partition coefficient (Wildman–Crippen LogP) is 2.53. The van der Waals surface area contributed by atoms with Crippen molar-refractivity contribution in [2.45, 2.75) is 45.1 Å². The van der Waals surface area contributed by atoms with Crippen molar-refractivity contribution >= 4 is 0 Å². The van der Waals surface area contributed by atoms with Crippen molar-refractivity contribution in [3.63, 3.8) is 0 Å². The van der Waals surface area contributed by atoms with E-state index in [0.29, 0.717) is 6.10 Å². The van der Waals surface area contributed by atoms with Crippen molar-refractivity contribution in [1.82, 2.24) is 4.90 Å². The summed E-state index contributed by atoms with van der Waals surface area (Å²) in [6.07, 6.45) is 6.93. The first-order chi connectivity index (χ1) is 6.76. The zero-order chi connectivity index (χ0) is 10.4.